The Morgan fingerprint density at radius 3 is 2.54 bits per heavy atom. The second-order valence-corrected chi connectivity index (χ2v) is 7.20. The third-order valence-electron chi connectivity index (χ3n) is 5.27. The molecule has 0 saturated carbocycles. The number of hydrogen-bond acceptors (Lipinski definition) is 5. The zero-order chi connectivity index (χ0) is 19.7. The zero-order valence-electron chi connectivity index (χ0n) is 15.9. The number of aryl methyl sites for hydroxylation is 2. The summed E-state index contributed by atoms with van der Waals surface area (Å²) in [5.41, 5.74) is 2.44. The monoisotopic (exact) mass is 378 g/mol. The third-order valence-corrected chi connectivity index (χ3v) is 5.27. The van der Waals surface area contributed by atoms with E-state index in [1.165, 1.54) is 0 Å². The van der Waals surface area contributed by atoms with Crippen molar-refractivity contribution in [2.45, 2.75) is 25.7 Å². The van der Waals surface area contributed by atoms with E-state index in [1.54, 1.807) is 24.5 Å². The van der Waals surface area contributed by atoms with E-state index < -0.39 is 0 Å². The highest BCUT2D eigenvalue weighted by Gasteiger charge is 2.27. The average Bonchev–Trinajstić information content (AvgIpc) is 3.15. The van der Waals surface area contributed by atoms with Crippen molar-refractivity contribution in [3.05, 3.63) is 64.1 Å². The maximum atomic E-state index is 12.8. The number of amides is 1. The van der Waals surface area contributed by atoms with Crippen LogP contribution in [-0.2, 0) is 7.05 Å². The lowest BCUT2D eigenvalue weighted by atomic mass is 9.95. The molecule has 1 fully saturated rings. The number of nitrogens with one attached hydrogen (secondary N) is 1. The van der Waals surface area contributed by atoms with Gasteiger partial charge in [0, 0.05) is 31.6 Å². The van der Waals surface area contributed by atoms with Gasteiger partial charge >= 0.3 is 0 Å². The fourth-order valence-electron chi connectivity index (χ4n) is 3.70. The highest BCUT2D eigenvalue weighted by atomic mass is 16.2. The van der Waals surface area contributed by atoms with Gasteiger partial charge in [0.25, 0.3) is 11.5 Å². The number of likely N-dealkylation sites (tertiary alicyclic amines) is 1. The Morgan fingerprint density at radius 1 is 1.18 bits per heavy atom. The maximum Gasteiger partial charge on any atom is 0.272 e. The second kappa shape index (κ2) is 7.38. The molecule has 1 aliphatic heterocycles. The van der Waals surface area contributed by atoms with Crippen LogP contribution in [0.2, 0.25) is 0 Å². The van der Waals surface area contributed by atoms with Gasteiger partial charge in [-0.3, -0.25) is 9.59 Å². The van der Waals surface area contributed by atoms with Crippen molar-refractivity contribution in [1.29, 1.82) is 0 Å². The molecule has 1 aliphatic rings. The largest absolute Gasteiger partial charge is 0.339 e. The Balaban J connectivity index is 1.45. The van der Waals surface area contributed by atoms with E-state index in [-0.39, 0.29) is 11.5 Å². The number of piperidine rings is 1. The molecule has 1 amide bonds. The van der Waals surface area contributed by atoms with E-state index in [2.05, 4.69) is 20.4 Å². The van der Waals surface area contributed by atoms with Crippen molar-refractivity contribution in [3.8, 4) is 11.1 Å². The Morgan fingerprint density at radius 2 is 1.89 bits per heavy atom. The van der Waals surface area contributed by atoms with Crippen molar-refractivity contribution < 1.29 is 4.79 Å². The average molecular weight is 378 g/mol. The zero-order valence-corrected chi connectivity index (χ0v) is 15.9. The molecule has 3 aromatic rings. The maximum absolute atomic E-state index is 12.8. The molecular formula is C20H22N6O2. The normalized spacial score (nSPS) is 15.0. The number of hydrogen-bond donors (Lipinski definition) is 1. The molecule has 1 N–H and O–H groups in total. The minimum absolute atomic E-state index is 0.0165. The second-order valence-electron chi connectivity index (χ2n) is 7.20. The van der Waals surface area contributed by atoms with E-state index in [0.29, 0.717) is 30.1 Å². The summed E-state index contributed by atoms with van der Waals surface area (Å²) in [6, 6.07) is 8.92. The van der Waals surface area contributed by atoms with Gasteiger partial charge in [-0.25, -0.2) is 5.10 Å². The lowest BCUT2D eigenvalue weighted by Gasteiger charge is -2.31. The van der Waals surface area contributed by atoms with E-state index in [1.807, 2.05) is 35.6 Å². The number of aromatic nitrogens is 5. The van der Waals surface area contributed by atoms with Crippen molar-refractivity contribution in [1.82, 2.24) is 29.9 Å². The molecule has 28 heavy (non-hydrogen) atoms. The van der Waals surface area contributed by atoms with Crippen molar-refractivity contribution in [2.75, 3.05) is 13.1 Å². The van der Waals surface area contributed by atoms with E-state index in [0.717, 1.165) is 29.9 Å². The summed E-state index contributed by atoms with van der Waals surface area (Å²) in [5.74, 6) is 1.33. The van der Waals surface area contributed by atoms with Gasteiger partial charge in [0.15, 0.2) is 0 Å². The first-order valence-electron chi connectivity index (χ1n) is 9.33. The van der Waals surface area contributed by atoms with Crippen molar-refractivity contribution in [2.24, 2.45) is 7.05 Å². The van der Waals surface area contributed by atoms with Crippen LogP contribution >= 0.6 is 0 Å². The van der Waals surface area contributed by atoms with Crippen LogP contribution in [0.3, 0.4) is 0 Å². The van der Waals surface area contributed by atoms with Gasteiger partial charge in [0.05, 0.1) is 11.3 Å². The topological polar surface area (TPSA) is 96.8 Å². The van der Waals surface area contributed by atoms with Gasteiger partial charge in [-0.1, -0.05) is 12.1 Å². The molecule has 0 aliphatic carbocycles. The number of carbonyl (C=O) groups is 1. The van der Waals surface area contributed by atoms with Crippen molar-refractivity contribution in [3.63, 3.8) is 0 Å². The fourth-order valence-corrected chi connectivity index (χ4v) is 3.70. The molecule has 8 nitrogen and oxygen atoms in total. The molecule has 0 unspecified atom stereocenters. The number of H-pyrrole nitrogens is 1. The van der Waals surface area contributed by atoms with Gasteiger partial charge in [-0.2, -0.15) is 5.10 Å². The van der Waals surface area contributed by atoms with Crippen LogP contribution in [0.4, 0.5) is 0 Å². The van der Waals surface area contributed by atoms with Crippen LogP contribution in [-0.4, -0.2) is 48.9 Å². The quantitative estimate of drug-likeness (QED) is 0.751. The predicted octanol–water partition coefficient (Wildman–Crippen LogP) is 1.89. The Kier molecular flexibility index (Phi) is 4.77. The molecule has 144 valence electrons. The molecular weight excluding hydrogens is 356 g/mol. The number of benzene rings is 1. The third kappa shape index (κ3) is 3.45. The van der Waals surface area contributed by atoms with E-state index in [4.69, 9.17) is 0 Å². The smallest absolute Gasteiger partial charge is 0.272 e. The summed E-state index contributed by atoms with van der Waals surface area (Å²) in [6.45, 7) is 3.21. The summed E-state index contributed by atoms with van der Waals surface area (Å²) in [5, 5.41) is 14.5. The summed E-state index contributed by atoms with van der Waals surface area (Å²) < 4.78 is 1.95. The van der Waals surface area contributed by atoms with Crippen LogP contribution in [0.25, 0.3) is 11.1 Å². The number of rotatable bonds is 3. The molecule has 0 radical (unpaired) electrons. The van der Waals surface area contributed by atoms with Gasteiger partial charge in [0.1, 0.15) is 12.2 Å². The molecule has 1 saturated heterocycles. The number of aromatic amines is 1. The first-order chi connectivity index (χ1) is 13.5. The molecule has 0 spiro atoms. The summed E-state index contributed by atoms with van der Waals surface area (Å²) in [4.78, 5) is 26.7. The molecule has 3 heterocycles. The van der Waals surface area contributed by atoms with Crippen LogP contribution in [0.5, 0.6) is 0 Å². The Bertz CT molecular complexity index is 1050. The first kappa shape index (κ1) is 18.1. The minimum atomic E-state index is -0.240. The summed E-state index contributed by atoms with van der Waals surface area (Å²) in [6.07, 6.45) is 3.47. The fraction of sp³-hybridized carbons (Fsp3) is 0.350. The lowest BCUT2D eigenvalue weighted by Crippen LogP contribution is -2.38. The molecule has 0 bridgehead atoms. The Hall–Kier alpha value is -3.29. The lowest BCUT2D eigenvalue weighted by molar-refractivity contribution is 0.0710. The highest BCUT2D eigenvalue weighted by molar-refractivity contribution is 5.94. The Labute approximate surface area is 162 Å². The van der Waals surface area contributed by atoms with Crippen LogP contribution < -0.4 is 5.56 Å². The predicted molar refractivity (Wildman–Crippen MR) is 104 cm³/mol. The standard InChI is InChI=1S/C20H22N6O2/c1-13-11-17(19(27)24-22-13)14-3-5-16(6-4-14)20(28)26-9-7-15(8-10-26)18-23-21-12-25(18)2/h3-6,11-12,15H,7-10H2,1-2H3,(H,24,27). The molecule has 8 heteroatoms. The van der Waals surface area contributed by atoms with E-state index in [9.17, 15) is 9.59 Å². The molecule has 4 rings (SSSR count). The summed E-state index contributed by atoms with van der Waals surface area (Å²) >= 11 is 0. The van der Waals surface area contributed by atoms with Crippen LogP contribution in [0.15, 0.2) is 41.5 Å². The van der Waals surface area contributed by atoms with Gasteiger partial charge in [-0.15, -0.1) is 10.2 Å². The minimum Gasteiger partial charge on any atom is -0.339 e. The van der Waals surface area contributed by atoms with Crippen molar-refractivity contribution >= 4 is 5.91 Å². The van der Waals surface area contributed by atoms with Gasteiger partial charge in [0.2, 0.25) is 0 Å². The molecule has 1 aromatic carbocycles. The SMILES string of the molecule is Cc1cc(-c2ccc(C(=O)N3CCC(c4nncn4C)CC3)cc2)c(=O)[nH]n1. The highest BCUT2D eigenvalue weighted by Crippen LogP contribution is 2.27. The molecule has 0 atom stereocenters. The van der Waals surface area contributed by atoms with E-state index >= 15 is 0 Å². The van der Waals surface area contributed by atoms with Gasteiger partial charge < -0.3 is 9.47 Å². The number of nitrogens with zero attached hydrogens (tertiary/aromatic N) is 5. The van der Waals surface area contributed by atoms with Crippen LogP contribution in [0.1, 0.15) is 40.6 Å². The molecule has 2 aromatic heterocycles. The van der Waals surface area contributed by atoms with Gasteiger partial charge in [-0.05, 0) is 43.5 Å². The van der Waals surface area contributed by atoms with Crippen LogP contribution in [0, 0.1) is 6.92 Å². The number of carbonyl (C=O) groups excluding carboxylic acids is 1. The summed E-state index contributed by atoms with van der Waals surface area (Å²) in [7, 11) is 1.95. The first-order valence-corrected chi connectivity index (χ1v) is 9.33.